The third-order valence-corrected chi connectivity index (χ3v) is 3.46. The molecule has 24 heavy (non-hydrogen) atoms. The van der Waals surface area contributed by atoms with Gasteiger partial charge in [-0.05, 0) is 24.6 Å². The van der Waals surface area contributed by atoms with Crippen molar-refractivity contribution in [2.24, 2.45) is 0 Å². The number of amides is 1. The van der Waals surface area contributed by atoms with Crippen molar-refractivity contribution in [2.45, 2.75) is 59.3 Å². The van der Waals surface area contributed by atoms with Crippen LogP contribution < -0.4 is 9.50 Å². The zero-order chi connectivity index (χ0) is 18.4. The highest BCUT2D eigenvalue weighted by Gasteiger charge is 2.12. The van der Waals surface area contributed by atoms with E-state index in [1.54, 1.807) is 0 Å². The molecule has 0 saturated carbocycles. The second-order valence-electron chi connectivity index (χ2n) is 5.32. The second-order valence-corrected chi connectivity index (χ2v) is 6.27. The zero-order valence-corrected chi connectivity index (χ0v) is 15.5. The SMILES string of the molecule is CCCCC.CCCCCNC(=O)c1cccc(OS(=O)(=O)F)c1. The van der Waals surface area contributed by atoms with Gasteiger partial charge in [-0.15, -0.1) is 0 Å². The van der Waals surface area contributed by atoms with Gasteiger partial charge in [0.05, 0.1) is 0 Å². The van der Waals surface area contributed by atoms with Gasteiger partial charge in [0.15, 0.2) is 0 Å². The lowest BCUT2D eigenvalue weighted by atomic mass is 10.2. The molecule has 0 aliphatic heterocycles. The third-order valence-electron chi connectivity index (χ3n) is 3.06. The normalized spacial score (nSPS) is 10.5. The van der Waals surface area contributed by atoms with Crippen molar-refractivity contribution in [3.8, 4) is 5.75 Å². The van der Waals surface area contributed by atoms with Crippen LogP contribution in [0.3, 0.4) is 0 Å². The summed E-state index contributed by atoms with van der Waals surface area (Å²) in [6.07, 6.45) is 7.02. The molecule has 1 rings (SSSR count). The molecule has 5 nitrogen and oxygen atoms in total. The van der Waals surface area contributed by atoms with Crippen LogP contribution in [0.25, 0.3) is 0 Å². The van der Waals surface area contributed by atoms with Gasteiger partial charge in [0.1, 0.15) is 5.75 Å². The van der Waals surface area contributed by atoms with Crippen LogP contribution in [0.15, 0.2) is 24.3 Å². The van der Waals surface area contributed by atoms with Gasteiger partial charge < -0.3 is 9.50 Å². The van der Waals surface area contributed by atoms with Crippen molar-refractivity contribution in [3.05, 3.63) is 29.8 Å². The lowest BCUT2D eigenvalue weighted by Crippen LogP contribution is -2.24. The molecule has 0 atom stereocenters. The van der Waals surface area contributed by atoms with Gasteiger partial charge in [-0.2, -0.15) is 8.42 Å². The Labute approximate surface area is 145 Å². The minimum atomic E-state index is -5.08. The summed E-state index contributed by atoms with van der Waals surface area (Å²) in [6.45, 7) is 7.02. The van der Waals surface area contributed by atoms with Crippen molar-refractivity contribution in [1.82, 2.24) is 5.32 Å². The van der Waals surface area contributed by atoms with E-state index in [1.807, 2.05) is 0 Å². The Bertz CT molecular complexity index is 574. The molecule has 0 saturated heterocycles. The third kappa shape index (κ3) is 11.9. The molecule has 0 unspecified atom stereocenters. The summed E-state index contributed by atoms with van der Waals surface area (Å²) in [5.74, 6) is -0.582. The van der Waals surface area contributed by atoms with Gasteiger partial charge in [0, 0.05) is 12.1 Å². The lowest BCUT2D eigenvalue weighted by Gasteiger charge is -2.06. The van der Waals surface area contributed by atoms with E-state index < -0.39 is 10.5 Å². The van der Waals surface area contributed by atoms with Gasteiger partial charge in [-0.3, -0.25) is 4.79 Å². The largest absolute Gasteiger partial charge is 0.488 e. The van der Waals surface area contributed by atoms with Gasteiger partial charge in [0.25, 0.3) is 5.91 Å². The molecular formula is C17H28FNO4S. The molecule has 1 aromatic carbocycles. The highest BCUT2D eigenvalue weighted by molar-refractivity contribution is 7.81. The first-order chi connectivity index (χ1) is 11.3. The Hall–Kier alpha value is -1.63. The minimum Gasteiger partial charge on any atom is -0.358 e. The Balaban J connectivity index is 0.000000922. The molecule has 0 radical (unpaired) electrons. The van der Waals surface area contributed by atoms with E-state index in [-0.39, 0.29) is 17.2 Å². The maximum Gasteiger partial charge on any atom is 0.488 e. The van der Waals surface area contributed by atoms with E-state index in [2.05, 4.69) is 30.3 Å². The average Bonchev–Trinajstić information content (AvgIpc) is 2.51. The standard InChI is InChI=1S/C12H16FNO4S.C5H12/c1-2-3-4-8-14-12(15)10-6-5-7-11(9-10)18-19(13,16)17;1-3-5-4-2/h5-7,9H,2-4,8H2,1H3,(H,14,15);3-5H2,1-2H3. The Kier molecular flexibility index (Phi) is 11.9. The van der Waals surface area contributed by atoms with Crippen LogP contribution in [0.1, 0.15) is 69.7 Å². The molecule has 0 fully saturated rings. The Morgan fingerprint density at radius 2 is 1.71 bits per heavy atom. The van der Waals surface area contributed by atoms with E-state index in [0.717, 1.165) is 19.3 Å². The van der Waals surface area contributed by atoms with Crippen LogP contribution in [-0.2, 0) is 10.5 Å². The highest BCUT2D eigenvalue weighted by Crippen LogP contribution is 2.16. The van der Waals surface area contributed by atoms with Crippen molar-refractivity contribution < 1.29 is 21.3 Å². The molecule has 0 aromatic heterocycles. The van der Waals surface area contributed by atoms with Gasteiger partial charge in [-0.25, -0.2) is 0 Å². The fraction of sp³-hybridized carbons (Fsp3) is 0.588. The molecule has 1 amide bonds. The zero-order valence-electron chi connectivity index (χ0n) is 14.7. The molecule has 7 heteroatoms. The summed E-state index contributed by atoms with van der Waals surface area (Å²) in [5, 5.41) is 2.69. The molecule has 0 heterocycles. The minimum absolute atomic E-state index is 0.220. The van der Waals surface area contributed by atoms with Crippen LogP contribution in [-0.4, -0.2) is 20.9 Å². The van der Waals surface area contributed by atoms with E-state index in [1.165, 1.54) is 43.5 Å². The quantitative estimate of drug-likeness (QED) is 0.523. The number of benzene rings is 1. The summed E-state index contributed by atoms with van der Waals surface area (Å²) in [4.78, 5) is 11.7. The van der Waals surface area contributed by atoms with Crippen molar-refractivity contribution in [2.75, 3.05) is 6.54 Å². The number of carbonyl (C=O) groups excluding carboxylic acids is 1. The molecule has 1 aromatic rings. The fourth-order valence-electron chi connectivity index (χ4n) is 1.84. The number of halogens is 1. The predicted octanol–water partition coefficient (Wildman–Crippen LogP) is 4.40. The average molecular weight is 361 g/mol. The Morgan fingerprint density at radius 1 is 1.08 bits per heavy atom. The summed E-state index contributed by atoms with van der Waals surface area (Å²) in [7, 11) is -5.08. The molecular weight excluding hydrogens is 333 g/mol. The van der Waals surface area contributed by atoms with Gasteiger partial charge in [-0.1, -0.05) is 62.8 Å². The number of hydrogen-bond acceptors (Lipinski definition) is 4. The molecule has 138 valence electrons. The van der Waals surface area contributed by atoms with Crippen molar-refractivity contribution in [1.29, 1.82) is 0 Å². The Morgan fingerprint density at radius 3 is 2.21 bits per heavy atom. The number of rotatable bonds is 9. The van der Waals surface area contributed by atoms with Crippen LogP contribution in [0.2, 0.25) is 0 Å². The van der Waals surface area contributed by atoms with Crippen LogP contribution >= 0.6 is 0 Å². The number of unbranched alkanes of at least 4 members (excludes halogenated alkanes) is 4. The van der Waals surface area contributed by atoms with E-state index in [4.69, 9.17) is 0 Å². The molecule has 1 N–H and O–H groups in total. The number of hydrogen-bond donors (Lipinski definition) is 1. The summed E-state index contributed by atoms with van der Waals surface area (Å²) in [5.41, 5.74) is 0.220. The molecule has 0 aliphatic carbocycles. The van der Waals surface area contributed by atoms with E-state index >= 15 is 0 Å². The predicted molar refractivity (Wildman–Crippen MR) is 94.2 cm³/mol. The van der Waals surface area contributed by atoms with Crippen LogP contribution in [0, 0.1) is 0 Å². The smallest absolute Gasteiger partial charge is 0.358 e. The van der Waals surface area contributed by atoms with E-state index in [0.29, 0.717) is 6.54 Å². The second kappa shape index (κ2) is 12.8. The first-order valence-corrected chi connectivity index (χ1v) is 9.67. The first kappa shape index (κ1) is 22.4. The maximum absolute atomic E-state index is 12.3. The van der Waals surface area contributed by atoms with E-state index in [9.17, 15) is 17.1 Å². The first-order valence-electron chi connectivity index (χ1n) is 8.36. The maximum atomic E-state index is 12.3. The fourth-order valence-corrected chi connectivity index (χ4v) is 2.17. The summed E-state index contributed by atoms with van der Waals surface area (Å²) >= 11 is 0. The molecule has 0 spiro atoms. The van der Waals surface area contributed by atoms with Crippen molar-refractivity contribution in [3.63, 3.8) is 0 Å². The monoisotopic (exact) mass is 361 g/mol. The molecule has 0 aliphatic rings. The van der Waals surface area contributed by atoms with Crippen molar-refractivity contribution >= 4 is 16.4 Å². The number of nitrogens with one attached hydrogen (secondary N) is 1. The van der Waals surface area contributed by atoms with Crippen LogP contribution in [0.4, 0.5) is 3.89 Å². The van der Waals surface area contributed by atoms with Crippen LogP contribution in [0.5, 0.6) is 5.75 Å². The molecule has 0 bridgehead atoms. The summed E-state index contributed by atoms with van der Waals surface area (Å²) in [6, 6.07) is 5.34. The summed E-state index contributed by atoms with van der Waals surface area (Å²) < 4.78 is 37.1. The number of carbonyl (C=O) groups is 1. The lowest BCUT2D eigenvalue weighted by molar-refractivity contribution is 0.0952. The van der Waals surface area contributed by atoms with Gasteiger partial charge >= 0.3 is 10.5 Å². The van der Waals surface area contributed by atoms with Gasteiger partial charge in [0.2, 0.25) is 0 Å². The topological polar surface area (TPSA) is 72.5 Å². The highest BCUT2D eigenvalue weighted by atomic mass is 32.3.